The Kier molecular flexibility index (Phi) is 4.16. The van der Waals surface area contributed by atoms with E-state index < -0.39 is 11.9 Å². The summed E-state index contributed by atoms with van der Waals surface area (Å²) in [4.78, 5) is 22.5. The Morgan fingerprint density at radius 2 is 1.90 bits per heavy atom. The van der Waals surface area contributed by atoms with Crippen LogP contribution in [0.1, 0.15) is 5.56 Å². The first-order valence-corrected chi connectivity index (χ1v) is 5.96. The first-order valence-electron chi connectivity index (χ1n) is 5.96. The second-order valence-electron chi connectivity index (χ2n) is 4.16. The highest BCUT2D eigenvalue weighted by atomic mass is 16.2. The quantitative estimate of drug-likeness (QED) is 0.770. The molecule has 4 N–H and O–H groups in total. The number of nitriles is 1. The van der Waals surface area contributed by atoms with E-state index in [0.29, 0.717) is 16.9 Å². The van der Waals surface area contributed by atoms with Gasteiger partial charge in [0.25, 0.3) is 0 Å². The third-order valence-corrected chi connectivity index (χ3v) is 2.48. The highest BCUT2D eigenvalue weighted by Crippen LogP contribution is 2.10. The summed E-state index contributed by atoms with van der Waals surface area (Å²) in [6.07, 6.45) is 2.89. The number of hydrogen-bond acceptors (Lipinski definition) is 4. The van der Waals surface area contributed by atoms with Crippen molar-refractivity contribution in [2.45, 2.75) is 6.54 Å². The third-order valence-electron chi connectivity index (χ3n) is 2.48. The number of nitrogens with two attached hydrogens (primary N) is 1. The van der Waals surface area contributed by atoms with Gasteiger partial charge in [0.1, 0.15) is 6.54 Å². The molecule has 0 atom stereocenters. The predicted molar refractivity (Wildman–Crippen MR) is 75.2 cm³/mol. The summed E-state index contributed by atoms with van der Waals surface area (Å²) in [5.41, 5.74) is 6.53. The zero-order valence-corrected chi connectivity index (χ0v) is 10.9. The second kappa shape index (κ2) is 6.21. The number of primary amides is 1. The van der Waals surface area contributed by atoms with Crippen LogP contribution in [0.15, 0.2) is 36.7 Å². The highest BCUT2D eigenvalue weighted by molar-refractivity contribution is 5.99. The van der Waals surface area contributed by atoms with E-state index >= 15 is 0 Å². The molecular weight excluding hydrogens is 272 g/mol. The van der Waals surface area contributed by atoms with Gasteiger partial charge < -0.3 is 16.4 Å². The molecule has 2 aromatic rings. The molecule has 2 rings (SSSR count). The van der Waals surface area contributed by atoms with Crippen molar-refractivity contribution in [2.24, 2.45) is 5.73 Å². The fourth-order valence-corrected chi connectivity index (χ4v) is 1.60. The minimum absolute atomic E-state index is 0.0566. The maximum atomic E-state index is 11.8. The summed E-state index contributed by atoms with van der Waals surface area (Å²) in [6.45, 7) is -0.0566. The predicted octanol–water partition coefficient (Wildman–Crippen LogP) is 0.884. The minimum Gasteiger partial charge on any atom is -0.368 e. The van der Waals surface area contributed by atoms with E-state index in [1.807, 2.05) is 6.07 Å². The molecule has 0 spiro atoms. The number of rotatable bonds is 4. The van der Waals surface area contributed by atoms with Crippen LogP contribution in [0, 0.1) is 11.3 Å². The van der Waals surface area contributed by atoms with E-state index in [1.165, 1.54) is 17.1 Å². The molecule has 1 aromatic heterocycles. The number of benzene rings is 1. The Morgan fingerprint density at radius 3 is 2.52 bits per heavy atom. The number of carbonyl (C=O) groups is 2. The molecule has 1 heterocycles. The number of nitrogens with one attached hydrogen (secondary N) is 2. The summed E-state index contributed by atoms with van der Waals surface area (Å²) in [7, 11) is 0. The van der Waals surface area contributed by atoms with Crippen LogP contribution >= 0.6 is 0 Å². The first kappa shape index (κ1) is 14.1. The number of urea groups is 1. The molecule has 21 heavy (non-hydrogen) atoms. The standard InChI is InChI=1S/C13H12N6O2/c14-5-9-1-3-10(4-2-9)17-13(21)18-11-6-16-19(7-11)8-12(15)20/h1-4,6-7H,8H2,(H2,15,20)(H2,17,18,21). The summed E-state index contributed by atoms with van der Waals surface area (Å²) in [5.74, 6) is -0.522. The van der Waals surface area contributed by atoms with Crippen molar-refractivity contribution in [3.8, 4) is 6.07 Å². The third kappa shape index (κ3) is 4.07. The van der Waals surface area contributed by atoms with Gasteiger partial charge in [0.15, 0.2) is 0 Å². The zero-order chi connectivity index (χ0) is 15.2. The molecule has 0 fully saturated rings. The maximum absolute atomic E-state index is 11.8. The van der Waals surface area contributed by atoms with Gasteiger partial charge in [0.05, 0.1) is 23.5 Å². The SMILES string of the molecule is N#Cc1ccc(NC(=O)Nc2cnn(CC(N)=O)c2)cc1. The molecule has 0 radical (unpaired) electrons. The first-order chi connectivity index (χ1) is 10.1. The fraction of sp³-hybridized carbons (Fsp3) is 0.0769. The van der Waals surface area contributed by atoms with Gasteiger partial charge in [-0.1, -0.05) is 0 Å². The van der Waals surface area contributed by atoms with Crippen molar-refractivity contribution in [1.82, 2.24) is 9.78 Å². The van der Waals surface area contributed by atoms with E-state index in [4.69, 9.17) is 11.0 Å². The Balaban J connectivity index is 1.93. The lowest BCUT2D eigenvalue weighted by atomic mass is 10.2. The van der Waals surface area contributed by atoms with Gasteiger partial charge in [0.2, 0.25) is 5.91 Å². The average Bonchev–Trinajstić information content (AvgIpc) is 2.85. The molecule has 0 saturated carbocycles. The number of anilines is 2. The van der Waals surface area contributed by atoms with Crippen molar-refractivity contribution in [2.75, 3.05) is 10.6 Å². The van der Waals surface area contributed by atoms with Crippen LogP contribution in [0.3, 0.4) is 0 Å². The van der Waals surface area contributed by atoms with Gasteiger partial charge in [0, 0.05) is 11.9 Å². The summed E-state index contributed by atoms with van der Waals surface area (Å²) >= 11 is 0. The lowest BCUT2D eigenvalue weighted by Gasteiger charge is -2.05. The Bertz CT molecular complexity index is 698. The van der Waals surface area contributed by atoms with Crippen molar-refractivity contribution < 1.29 is 9.59 Å². The van der Waals surface area contributed by atoms with Crippen LogP contribution in [-0.4, -0.2) is 21.7 Å². The lowest BCUT2D eigenvalue weighted by Crippen LogP contribution is -2.20. The molecule has 3 amide bonds. The monoisotopic (exact) mass is 284 g/mol. The molecule has 8 nitrogen and oxygen atoms in total. The van der Waals surface area contributed by atoms with Crippen LogP contribution in [0.4, 0.5) is 16.2 Å². The zero-order valence-electron chi connectivity index (χ0n) is 10.9. The lowest BCUT2D eigenvalue weighted by molar-refractivity contribution is -0.118. The van der Waals surface area contributed by atoms with E-state index in [9.17, 15) is 9.59 Å². The molecule has 0 aliphatic rings. The van der Waals surface area contributed by atoms with Crippen molar-refractivity contribution in [1.29, 1.82) is 5.26 Å². The van der Waals surface area contributed by atoms with Crippen molar-refractivity contribution >= 4 is 23.3 Å². The number of aromatic nitrogens is 2. The van der Waals surface area contributed by atoms with Gasteiger partial charge in [-0.2, -0.15) is 10.4 Å². The van der Waals surface area contributed by atoms with Gasteiger partial charge in [-0.25, -0.2) is 4.79 Å². The molecule has 0 aliphatic heterocycles. The molecular formula is C13H12N6O2. The smallest absolute Gasteiger partial charge is 0.323 e. The Hall–Kier alpha value is -3.34. The molecule has 8 heteroatoms. The van der Waals surface area contributed by atoms with E-state index in [-0.39, 0.29) is 6.54 Å². The van der Waals surface area contributed by atoms with Gasteiger partial charge >= 0.3 is 6.03 Å². The largest absolute Gasteiger partial charge is 0.368 e. The molecule has 0 bridgehead atoms. The molecule has 106 valence electrons. The highest BCUT2D eigenvalue weighted by Gasteiger charge is 2.06. The van der Waals surface area contributed by atoms with E-state index in [1.54, 1.807) is 24.3 Å². The summed E-state index contributed by atoms with van der Waals surface area (Å²) < 4.78 is 1.32. The van der Waals surface area contributed by atoms with Gasteiger partial charge in [-0.05, 0) is 24.3 Å². The maximum Gasteiger partial charge on any atom is 0.323 e. The fourth-order valence-electron chi connectivity index (χ4n) is 1.60. The van der Waals surface area contributed by atoms with Crippen LogP contribution in [0.25, 0.3) is 0 Å². The summed E-state index contributed by atoms with van der Waals surface area (Å²) in [5, 5.41) is 17.7. The Labute approximate surface area is 120 Å². The number of hydrogen-bond donors (Lipinski definition) is 3. The Morgan fingerprint density at radius 1 is 1.24 bits per heavy atom. The van der Waals surface area contributed by atoms with E-state index in [0.717, 1.165) is 0 Å². The van der Waals surface area contributed by atoms with Gasteiger partial charge in [-0.3, -0.25) is 9.48 Å². The van der Waals surface area contributed by atoms with E-state index in [2.05, 4.69) is 15.7 Å². The normalized spacial score (nSPS) is 9.67. The molecule has 0 unspecified atom stereocenters. The number of amides is 3. The van der Waals surface area contributed by atoms with Crippen LogP contribution in [0.2, 0.25) is 0 Å². The van der Waals surface area contributed by atoms with Crippen LogP contribution < -0.4 is 16.4 Å². The molecule has 0 aliphatic carbocycles. The number of nitrogens with zero attached hydrogens (tertiary/aromatic N) is 3. The molecule has 0 saturated heterocycles. The van der Waals surface area contributed by atoms with Crippen molar-refractivity contribution in [3.63, 3.8) is 0 Å². The van der Waals surface area contributed by atoms with Crippen molar-refractivity contribution in [3.05, 3.63) is 42.2 Å². The number of carbonyl (C=O) groups excluding carboxylic acids is 2. The second-order valence-corrected chi connectivity index (χ2v) is 4.16. The van der Waals surface area contributed by atoms with Crippen LogP contribution in [-0.2, 0) is 11.3 Å². The van der Waals surface area contributed by atoms with Crippen LogP contribution in [0.5, 0.6) is 0 Å². The topological polar surface area (TPSA) is 126 Å². The average molecular weight is 284 g/mol. The van der Waals surface area contributed by atoms with Gasteiger partial charge in [-0.15, -0.1) is 0 Å². The summed E-state index contributed by atoms with van der Waals surface area (Å²) in [6, 6.07) is 7.96. The minimum atomic E-state index is -0.522. The molecule has 1 aromatic carbocycles.